The fourth-order valence-corrected chi connectivity index (χ4v) is 4.69. The maximum absolute atomic E-state index is 11.8. The summed E-state index contributed by atoms with van der Waals surface area (Å²) in [5.74, 6) is 1.51. The molecule has 0 radical (unpaired) electrons. The SMILES string of the molecule is CCC(=O)CC1CCC(Nc2ncc(C)c(-c3cnc4ccc(Nc5cncnc5)cn34)n2)CC1. The first-order valence-corrected chi connectivity index (χ1v) is 12.2. The number of aromatic nitrogens is 6. The Morgan fingerprint density at radius 2 is 1.83 bits per heavy atom. The third-order valence-electron chi connectivity index (χ3n) is 6.66. The van der Waals surface area contributed by atoms with Crippen LogP contribution in [0, 0.1) is 12.8 Å². The van der Waals surface area contributed by atoms with Crippen molar-refractivity contribution in [2.24, 2.45) is 5.92 Å². The summed E-state index contributed by atoms with van der Waals surface area (Å²) in [6.07, 6.45) is 16.2. The Morgan fingerprint density at radius 3 is 2.60 bits per heavy atom. The van der Waals surface area contributed by atoms with Crippen LogP contribution < -0.4 is 10.6 Å². The van der Waals surface area contributed by atoms with Gasteiger partial charge in [0.05, 0.1) is 41.4 Å². The van der Waals surface area contributed by atoms with Gasteiger partial charge in [0.25, 0.3) is 0 Å². The van der Waals surface area contributed by atoms with Crippen LogP contribution in [-0.4, -0.2) is 41.1 Å². The minimum atomic E-state index is 0.324. The Balaban J connectivity index is 1.34. The van der Waals surface area contributed by atoms with Crippen molar-refractivity contribution in [3.63, 3.8) is 0 Å². The van der Waals surface area contributed by atoms with Crippen LogP contribution in [0.4, 0.5) is 17.3 Å². The Hall–Kier alpha value is -3.88. The normalized spacial score (nSPS) is 17.9. The maximum Gasteiger partial charge on any atom is 0.223 e. The van der Waals surface area contributed by atoms with Gasteiger partial charge in [0.1, 0.15) is 17.8 Å². The number of fused-ring (bicyclic) bond motifs is 1. The van der Waals surface area contributed by atoms with Gasteiger partial charge >= 0.3 is 0 Å². The zero-order valence-corrected chi connectivity index (χ0v) is 20.1. The summed E-state index contributed by atoms with van der Waals surface area (Å²) >= 11 is 0. The number of imidazole rings is 1. The van der Waals surface area contributed by atoms with Gasteiger partial charge in [0.15, 0.2) is 0 Å². The van der Waals surface area contributed by atoms with E-state index < -0.39 is 0 Å². The number of hydrogen-bond acceptors (Lipinski definition) is 8. The number of nitrogens with one attached hydrogen (secondary N) is 2. The number of carbonyl (C=O) groups excluding carboxylic acids is 1. The van der Waals surface area contributed by atoms with Gasteiger partial charge in [-0.1, -0.05) is 6.92 Å². The Labute approximate surface area is 204 Å². The lowest BCUT2D eigenvalue weighted by molar-refractivity contribution is -0.119. The minimum absolute atomic E-state index is 0.324. The van der Waals surface area contributed by atoms with Crippen molar-refractivity contribution in [3.8, 4) is 11.4 Å². The van der Waals surface area contributed by atoms with Crippen molar-refractivity contribution in [1.29, 1.82) is 0 Å². The molecule has 9 heteroatoms. The van der Waals surface area contributed by atoms with Gasteiger partial charge in [-0.2, -0.15) is 0 Å². The molecule has 180 valence electrons. The fraction of sp³-hybridized carbons (Fsp3) is 0.385. The van der Waals surface area contributed by atoms with E-state index in [0.717, 1.165) is 66.1 Å². The van der Waals surface area contributed by atoms with Crippen molar-refractivity contribution >= 4 is 28.8 Å². The van der Waals surface area contributed by atoms with Crippen LogP contribution in [0.15, 0.2) is 49.4 Å². The molecule has 1 aliphatic rings. The molecule has 0 aliphatic heterocycles. The van der Waals surface area contributed by atoms with Crippen LogP contribution >= 0.6 is 0 Å². The molecule has 9 nitrogen and oxygen atoms in total. The zero-order valence-electron chi connectivity index (χ0n) is 20.1. The second-order valence-corrected chi connectivity index (χ2v) is 9.23. The van der Waals surface area contributed by atoms with Crippen molar-refractivity contribution in [2.75, 3.05) is 10.6 Å². The van der Waals surface area contributed by atoms with E-state index in [1.807, 2.05) is 49.0 Å². The van der Waals surface area contributed by atoms with E-state index in [2.05, 4.69) is 30.6 Å². The summed E-state index contributed by atoms with van der Waals surface area (Å²) in [5, 5.41) is 6.85. The quantitative estimate of drug-likeness (QED) is 0.371. The molecule has 2 N–H and O–H groups in total. The molecule has 0 atom stereocenters. The summed E-state index contributed by atoms with van der Waals surface area (Å²) in [6.45, 7) is 3.96. The van der Waals surface area contributed by atoms with E-state index in [9.17, 15) is 4.79 Å². The summed E-state index contributed by atoms with van der Waals surface area (Å²) in [5.41, 5.74) is 5.27. The molecule has 0 spiro atoms. The fourth-order valence-electron chi connectivity index (χ4n) is 4.69. The minimum Gasteiger partial charge on any atom is -0.352 e. The zero-order chi connectivity index (χ0) is 24.2. The maximum atomic E-state index is 11.8. The van der Waals surface area contributed by atoms with Crippen LogP contribution in [0.3, 0.4) is 0 Å². The first kappa shape index (κ1) is 22.9. The average Bonchev–Trinajstić information content (AvgIpc) is 3.30. The lowest BCUT2D eigenvalue weighted by Gasteiger charge is -2.28. The number of Topliss-reactive ketones (excluding diaryl/α,β-unsaturated/α-hetero) is 1. The first-order chi connectivity index (χ1) is 17.1. The summed E-state index contributed by atoms with van der Waals surface area (Å²) in [4.78, 5) is 33.9. The van der Waals surface area contributed by atoms with Crippen LogP contribution in [0.1, 0.15) is 51.0 Å². The van der Waals surface area contributed by atoms with Gasteiger partial charge in [0, 0.05) is 31.3 Å². The number of anilines is 3. The number of rotatable bonds is 8. The molecule has 0 amide bonds. The molecule has 4 heterocycles. The van der Waals surface area contributed by atoms with Crippen LogP contribution in [0.5, 0.6) is 0 Å². The topological polar surface area (TPSA) is 110 Å². The molecule has 1 aliphatic carbocycles. The molecule has 1 saturated carbocycles. The third-order valence-corrected chi connectivity index (χ3v) is 6.66. The van der Waals surface area contributed by atoms with Crippen molar-refractivity contribution in [3.05, 3.63) is 55.0 Å². The van der Waals surface area contributed by atoms with Gasteiger partial charge in [-0.05, 0) is 56.2 Å². The number of aryl methyl sites for hydroxylation is 1. The average molecular weight is 471 g/mol. The third kappa shape index (κ3) is 5.29. The molecule has 35 heavy (non-hydrogen) atoms. The standard InChI is InChI=1S/C26H30N8O/c1-3-22(35)10-18-4-6-19(7-5-18)32-26-30-11-17(2)25(33-26)23-14-29-24-9-8-20(15-34(23)24)31-21-12-27-16-28-13-21/h8-9,11-16,18-19,31H,3-7,10H2,1-2H3,(H,30,32,33). The van der Waals surface area contributed by atoms with Crippen molar-refractivity contribution in [1.82, 2.24) is 29.3 Å². The highest BCUT2D eigenvalue weighted by Gasteiger charge is 2.23. The molecular weight excluding hydrogens is 440 g/mol. The molecule has 4 aromatic heterocycles. The Kier molecular flexibility index (Phi) is 6.65. The predicted octanol–water partition coefficient (Wildman–Crippen LogP) is 4.97. The highest BCUT2D eigenvalue weighted by Crippen LogP contribution is 2.30. The first-order valence-electron chi connectivity index (χ1n) is 12.2. The van der Waals surface area contributed by atoms with Crippen LogP contribution in [-0.2, 0) is 4.79 Å². The van der Waals surface area contributed by atoms with E-state index in [-0.39, 0.29) is 0 Å². The van der Waals surface area contributed by atoms with Gasteiger partial charge in [-0.3, -0.25) is 9.20 Å². The Bertz CT molecular complexity index is 1310. The van der Waals surface area contributed by atoms with Crippen LogP contribution in [0.2, 0.25) is 0 Å². The molecular formula is C26H30N8O. The molecule has 5 rings (SSSR count). The molecule has 0 bridgehead atoms. The van der Waals surface area contributed by atoms with Gasteiger partial charge in [0.2, 0.25) is 5.95 Å². The van der Waals surface area contributed by atoms with E-state index in [1.165, 1.54) is 6.33 Å². The van der Waals surface area contributed by atoms with E-state index in [1.54, 1.807) is 12.4 Å². The summed E-state index contributed by atoms with van der Waals surface area (Å²) < 4.78 is 2.03. The lowest BCUT2D eigenvalue weighted by Crippen LogP contribution is -2.28. The summed E-state index contributed by atoms with van der Waals surface area (Å²) in [6, 6.07) is 4.26. The van der Waals surface area contributed by atoms with Crippen LogP contribution in [0.25, 0.3) is 17.0 Å². The molecule has 0 saturated heterocycles. The predicted molar refractivity (Wildman–Crippen MR) is 136 cm³/mol. The Morgan fingerprint density at radius 1 is 1.03 bits per heavy atom. The molecule has 0 unspecified atom stereocenters. The van der Waals surface area contributed by atoms with E-state index in [4.69, 9.17) is 4.98 Å². The van der Waals surface area contributed by atoms with Gasteiger partial charge in [-0.15, -0.1) is 0 Å². The van der Waals surface area contributed by atoms with Gasteiger partial charge < -0.3 is 10.6 Å². The number of ketones is 1. The second kappa shape index (κ2) is 10.2. The lowest BCUT2D eigenvalue weighted by atomic mass is 9.83. The van der Waals surface area contributed by atoms with E-state index >= 15 is 0 Å². The largest absolute Gasteiger partial charge is 0.352 e. The smallest absolute Gasteiger partial charge is 0.223 e. The highest BCUT2D eigenvalue weighted by molar-refractivity contribution is 5.78. The monoisotopic (exact) mass is 470 g/mol. The molecule has 1 fully saturated rings. The van der Waals surface area contributed by atoms with Crippen molar-refractivity contribution in [2.45, 2.75) is 58.4 Å². The van der Waals surface area contributed by atoms with Gasteiger partial charge in [-0.25, -0.2) is 24.9 Å². The number of carbonyl (C=O) groups is 1. The highest BCUT2D eigenvalue weighted by atomic mass is 16.1. The molecule has 4 aromatic rings. The van der Waals surface area contributed by atoms with Crippen molar-refractivity contribution < 1.29 is 4.79 Å². The number of pyridine rings is 1. The number of nitrogens with zero attached hydrogens (tertiary/aromatic N) is 6. The van der Waals surface area contributed by atoms with E-state index in [0.29, 0.717) is 30.1 Å². The number of hydrogen-bond donors (Lipinski definition) is 2. The second-order valence-electron chi connectivity index (χ2n) is 9.23. The molecule has 0 aromatic carbocycles. The summed E-state index contributed by atoms with van der Waals surface area (Å²) in [7, 11) is 0.